The van der Waals surface area contributed by atoms with Crippen molar-refractivity contribution in [3.05, 3.63) is 58.1 Å². The first-order valence-corrected chi connectivity index (χ1v) is 10.9. The van der Waals surface area contributed by atoms with E-state index >= 15 is 0 Å². The van der Waals surface area contributed by atoms with Gasteiger partial charge in [0.25, 0.3) is 5.69 Å². The molecular formula is C23H21N5O7. The molecule has 2 saturated heterocycles. The van der Waals surface area contributed by atoms with Gasteiger partial charge in [-0.15, -0.1) is 0 Å². The number of nitrogens with two attached hydrogens (primary N) is 1. The van der Waals surface area contributed by atoms with Crippen molar-refractivity contribution in [1.82, 2.24) is 5.32 Å². The minimum Gasteiger partial charge on any atom is -0.495 e. The summed E-state index contributed by atoms with van der Waals surface area (Å²) in [6, 6.07) is 9.71. The minimum atomic E-state index is -1.56. The van der Waals surface area contributed by atoms with Gasteiger partial charge in [-0.25, -0.2) is 4.90 Å². The Bertz CT molecular complexity index is 1310. The van der Waals surface area contributed by atoms with E-state index in [9.17, 15) is 29.3 Å². The maximum Gasteiger partial charge on any atom is 0.271 e. The van der Waals surface area contributed by atoms with E-state index in [-0.39, 0.29) is 30.0 Å². The number of non-ortho nitro benzene ring substituents is 1. The van der Waals surface area contributed by atoms with Crippen LogP contribution in [0.2, 0.25) is 0 Å². The van der Waals surface area contributed by atoms with E-state index in [0.29, 0.717) is 11.3 Å². The van der Waals surface area contributed by atoms with Crippen LogP contribution in [0.25, 0.3) is 0 Å². The van der Waals surface area contributed by atoms with E-state index in [1.165, 1.54) is 19.2 Å². The molecule has 35 heavy (non-hydrogen) atoms. The number of nitro groups is 1. The number of nitrogens with one attached hydrogen (secondary N) is 2. The summed E-state index contributed by atoms with van der Waals surface area (Å²) in [5.74, 6) is -4.50. The molecule has 2 fully saturated rings. The molecule has 3 aliphatic heterocycles. The molecule has 5 rings (SSSR count). The van der Waals surface area contributed by atoms with Gasteiger partial charge in [0, 0.05) is 35.8 Å². The lowest BCUT2D eigenvalue weighted by Gasteiger charge is -2.29. The number of benzene rings is 2. The number of rotatable bonds is 6. The van der Waals surface area contributed by atoms with E-state index in [0.717, 1.165) is 11.0 Å². The fourth-order valence-corrected chi connectivity index (χ4v) is 5.51. The second kappa shape index (κ2) is 7.87. The number of ether oxygens (including phenoxy) is 1. The molecule has 4 atom stereocenters. The van der Waals surface area contributed by atoms with Gasteiger partial charge in [-0.3, -0.25) is 34.6 Å². The van der Waals surface area contributed by atoms with Crippen molar-refractivity contribution >= 4 is 40.7 Å². The van der Waals surface area contributed by atoms with Gasteiger partial charge in [-0.05, 0) is 18.6 Å². The van der Waals surface area contributed by atoms with Gasteiger partial charge in [-0.2, -0.15) is 0 Å². The smallest absolute Gasteiger partial charge is 0.271 e. The highest BCUT2D eigenvalue weighted by Gasteiger charge is 2.70. The van der Waals surface area contributed by atoms with Crippen LogP contribution in [0, 0.1) is 22.0 Å². The molecule has 0 aliphatic carbocycles. The molecule has 180 valence electrons. The molecule has 1 spiro atoms. The molecule has 12 heteroatoms. The first kappa shape index (κ1) is 22.5. The largest absolute Gasteiger partial charge is 0.495 e. The third kappa shape index (κ3) is 3.10. The summed E-state index contributed by atoms with van der Waals surface area (Å²) >= 11 is 0. The molecule has 3 aliphatic rings. The Hall–Kier alpha value is -4.32. The number of primary amides is 1. The zero-order valence-electron chi connectivity index (χ0n) is 18.5. The highest BCUT2D eigenvalue weighted by Crippen LogP contribution is 2.54. The predicted molar refractivity (Wildman–Crippen MR) is 121 cm³/mol. The normalized spacial score (nSPS) is 26.6. The zero-order valence-corrected chi connectivity index (χ0v) is 18.5. The van der Waals surface area contributed by atoms with Crippen molar-refractivity contribution in [2.45, 2.75) is 24.4 Å². The highest BCUT2D eigenvalue weighted by atomic mass is 16.6. The number of imide groups is 1. The molecular weight excluding hydrogens is 458 g/mol. The fourth-order valence-electron chi connectivity index (χ4n) is 5.51. The van der Waals surface area contributed by atoms with Crippen LogP contribution >= 0.6 is 0 Å². The summed E-state index contributed by atoms with van der Waals surface area (Å²) in [5.41, 5.74) is 4.38. The quantitative estimate of drug-likeness (QED) is 0.310. The van der Waals surface area contributed by atoms with Crippen molar-refractivity contribution in [2.75, 3.05) is 17.3 Å². The number of nitro benzene ring substituents is 1. The molecule has 4 N–H and O–H groups in total. The average molecular weight is 479 g/mol. The lowest BCUT2D eigenvalue weighted by Crippen LogP contribution is -2.53. The van der Waals surface area contributed by atoms with Crippen LogP contribution in [-0.4, -0.2) is 41.7 Å². The second-order valence-electron chi connectivity index (χ2n) is 8.69. The molecule has 2 aromatic carbocycles. The summed E-state index contributed by atoms with van der Waals surface area (Å²) in [6.45, 7) is 0. The molecule has 0 bridgehead atoms. The van der Waals surface area contributed by atoms with Crippen LogP contribution in [0.1, 0.15) is 18.4 Å². The van der Waals surface area contributed by atoms with Crippen LogP contribution in [0.15, 0.2) is 42.5 Å². The van der Waals surface area contributed by atoms with E-state index in [4.69, 9.17) is 10.5 Å². The number of hydrogen-bond donors (Lipinski definition) is 3. The summed E-state index contributed by atoms with van der Waals surface area (Å²) in [7, 11) is 1.32. The lowest BCUT2D eigenvalue weighted by atomic mass is 9.76. The van der Waals surface area contributed by atoms with Gasteiger partial charge in [0.15, 0.2) is 0 Å². The SMILES string of the molecule is COc1ccc([N+](=O)[O-])cc1N1C(=O)[C@@H]2[C@H](CCC(N)=O)N[C@@]3(C(=O)Nc4ccccc43)[C@H]2C1=O. The number of hydrogen-bond acceptors (Lipinski definition) is 8. The van der Waals surface area contributed by atoms with E-state index in [1.54, 1.807) is 24.3 Å². The number of carbonyl (C=O) groups is 4. The number of methoxy groups -OCH3 is 1. The van der Waals surface area contributed by atoms with Crippen LogP contribution in [0.5, 0.6) is 5.75 Å². The van der Waals surface area contributed by atoms with E-state index in [2.05, 4.69) is 10.6 Å². The number of nitrogens with zero attached hydrogens (tertiary/aromatic N) is 2. The standard InChI is InChI=1S/C23H21N5O7/c1-35-16-8-6-11(28(33)34)10-15(16)27-20(30)18-14(7-9-17(24)29)26-23(19(18)21(27)31)12-4-2-3-5-13(12)25-22(23)32/h2-6,8,10,14,18-19,26H,7,9H2,1H3,(H2,24,29)(H,25,32)/t14-,18+,19+,23+/m0/s1. The summed E-state index contributed by atoms with van der Waals surface area (Å²) in [6.07, 6.45) is 0.0501. The van der Waals surface area contributed by atoms with Crippen LogP contribution in [0.4, 0.5) is 17.1 Å². The fraction of sp³-hybridized carbons (Fsp3) is 0.304. The van der Waals surface area contributed by atoms with Crippen LogP contribution < -0.4 is 26.0 Å². The third-order valence-electron chi connectivity index (χ3n) is 6.94. The molecule has 4 amide bonds. The first-order chi connectivity index (χ1) is 16.7. The Balaban J connectivity index is 1.67. The monoisotopic (exact) mass is 479 g/mol. The summed E-state index contributed by atoms with van der Waals surface area (Å²) < 4.78 is 5.29. The Morgan fingerprint density at radius 2 is 1.94 bits per heavy atom. The predicted octanol–water partition coefficient (Wildman–Crippen LogP) is 0.794. The molecule has 0 aromatic heterocycles. The summed E-state index contributed by atoms with van der Waals surface area (Å²) in [4.78, 5) is 64.2. The van der Waals surface area contributed by atoms with E-state index in [1.807, 2.05) is 0 Å². The van der Waals surface area contributed by atoms with Crippen LogP contribution in [-0.2, 0) is 24.7 Å². The van der Waals surface area contributed by atoms with Gasteiger partial charge in [-0.1, -0.05) is 18.2 Å². The Labute approximate surface area is 198 Å². The van der Waals surface area contributed by atoms with Crippen molar-refractivity contribution in [3.8, 4) is 5.75 Å². The Morgan fingerprint density at radius 1 is 1.20 bits per heavy atom. The first-order valence-electron chi connectivity index (χ1n) is 10.9. The van der Waals surface area contributed by atoms with Gasteiger partial charge >= 0.3 is 0 Å². The number of anilines is 2. The highest BCUT2D eigenvalue weighted by molar-refractivity contribution is 6.26. The second-order valence-corrected chi connectivity index (χ2v) is 8.69. The topological polar surface area (TPSA) is 174 Å². The molecule has 12 nitrogen and oxygen atoms in total. The van der Waals surface area contributed by atoms with Gasteiger partial charge < -0.3 is 15.8 Å². The van der Waals surface area contributed by atoms with Crippen molar-refractivity contribution in [2.24, 2.45) is 17.6 Å². The maximum absolute atomic E-state index is 13.9. The number of para-hydroxylation sites is 1. The maximum atomic E-state index is 13.9. The zero-order chi connectivity index (χ0) is 25.1. The minimum absolute atomic E-state index is 0.0676. The van der Waals surface area contributed by atoms with Crippen molar-refractivity contribution in [3.63, 3.8) is 0 Å². The van der Waals surface area contributed by atoms with Gasteiger partial charge in [0.2, 0.25) is 23.6 Å². The average Bonchev–Trinajstić information content (AvgIpc) is 3.41. The van der Waals surface area contributed by atoms with Crippen molar-refractivity contribution < 1.29 is 28.8 Å². The third-order valence-corrected chi connectivity index (χ3v) is 6.94. The van der Waals surface area contributed by atoms with Crippen LogP contribution in [0.3, 0.4) is 0 Å². The number of fused-ring (bicyclic) bond motifs is 4. The van der Waals surface area contributed by atoms with E-state index < -0.39 is 52.0 Å². The number of carbonyl (C=O) groups excluding carboxylic acids is 4. The van der Waals surface area contributed by atoms with Gasteiger partial charge in [0.05, 0.1) is 23.9 Å². The van der Waals surface area contributed by atoms with Gasteiger partial charge in [0.1, 0.15) is 17.0 Å². The Morgan fingerprint density at radius 3 is 2.63 bits per heavy atom. The molecule has 0 saturated carbocycles. The number of amides is 4. The molecule has 0 unspecified atom stereocenters. The molecule has 0 radical (unpaired) electrons. The molecule has 2 aromatic rings. The Kier molecular flexibility index (Phi) is 5.06. The molecule has 3 heterocycles. The lowest BCUT2D eigenvalue weighted by molar-refractivity contribution is -0.384. The van der Waals surface area contributed by atoms with Crippen molar-refractivity contribution in [1.29, 1.82) is 0 Å². The summed E-state index contributed by atoms with van der Waals surface area (Å²) in [5, 5.41) is 17.4.